The molecule has 0 atom stereocenters. The van der Waals surface area contributed by atoms with Crippen molar-refractivity contribution < 1.29 is 17.9 Å². The lowest BCUT2D eigenvalue weighted by atomic mass is 9.74. The molecule has 0 aliphatic rings. The molecule has 4 aromatic carbocycles. The van der Waals surface area contributed by atoms with Gasteiger partial charge in [0, 0.05) is 5.41 Å². The topological polar surface area (TPSA) is 52.6 Å². The van der Waals surface area contributed by atoms with Gasteiger partial charge in [0.2, 0.25) is 9.84 Å². The molecule has 0 aromatic heterocycles. The van der Waals surface area contributed by atoms with Crippen molar-refractivity contribution >= 4 is 9.84 Å². The standard InChI is InChI=1S/C37H44O4S/c1-9-37(8,10-2)29-13-11-27(12-14-29)36(6,7)28-15-17-30(18-16-28)40-31-19-23-33(24-20-31)42(38,39)34-25-21-32(22-26-34)41-35(3,4)5/h11-26H,9-10H2,1-8H3. The van der Waals surface area contributed by atoms with Gasteiger partial charge in [-0.25, -0.2) is 8.42 Å². The molecule has 4 nitrogen and oxygen atoms in total. The molecule has 0 fully saturated rings. The van der Waals surface area contributed by atoms with Gasteiger partial charge in [0.1, 0.15) is 22.8 Å². The van der Waals surface area contributed by atoms with E-state index in [-0.39, 0.29) is 26.2 Å². The SMILES string of the molecule is CCC(C)(CC)c1ccc(C(C)(C)c2ccc(Oc3ccc(S(=O)(=O)c4ccc(OC(C)(C)C)cc4)cc3)cc2)cc1. The van der Waals surface area contributed by atoms with Crippen LogP contribution < -0.4 is 9.47 Å². The summed E-state index contributed by atoms with van der Waals surface area (Å²) < 4.78 is 38.2. The van der Waals surface area contributed by atoms with Crippen LogP contribution in [0.2, 0.25) is 0 Å². The largest absolute Gasteiger partial charge is 0.488 e. The molecule has 42 heavy (non-hydrogen) atoms. The Bertz CT molecular complexity index is 1570. The Balaban J connectivity index is 1.45. The summed E-state index contributed by atoms with van der Waals surface area (Å²) >= 11 is 0. The highest BCUT2D eigenvalue weighted by Crippen LogP contribution is 2.36. The molecule has 0 aliphatic heterocycles. The number of rotatable bonds is 10. The fraction of sp³-hybridized carbons (Fsp3) is 0.351. The summed E-state index contributed by atoms with van der Waals surface area (Å²) in [6.07, 6.45) is 2.24. The monoisotopic (exact) mass is 584 g/mol. The Labute approximate surface area is 252 Å². The van der Waals surface area contributed by atoms with Crippen LogP contribution in [-0.2, 0) is 20.7 Å². The molecule has 0 spiro atoms. The maximum Gasteiger partial charge on any atom is 0.206 e. The van der Waals surface area contributed by atoms with Gasteiger partial charge in [-0.1, -0.05) is 71.0 Å². The van der Waals surface area contributed by atoms with Crippen LogP contribution in [0.1, 0.15) is 84.9 Å². The van der Waals surface area contributed by atoms with Crippen molar-refractivity contribution in [2.24, 2.45) is 0 Å². The van der Waals surface area contributed by atoms with Crippen LogP contribution in [0.25, 0.3) is 0 Å². The van der Waals surface area contributed by atoms with Gasteiger partial charge in [-0.15, -0.1) is 0 Å². The highest BCUT2D eigenvalue weighted by Gasteiger charge is 2.26. The first-order valence-electron chi connectivity index (χ1n) is 14.7. The lowest BCUT2D eigenvalue weighted by molar-refractivity contribution is 0.131. The van der Waals surface area contributed by atoms with E-state index in [9.17, 15) is 8.42 Å². The Morgan fingerprint density at radius 2 is 0.881 bits per heavy atom. The molecule has 0 radical (unpaired) electrons. The van der Waals surface area contributed by atoms with E-state index in [0.29, 0.717) is 17.2 Å². The third kappa shape index (κ3) is 6.90. The summed E-state index contributed by atoms with van der Waals surface area (Å²) in [5.74, 6) is 1.89. The Hall–Kier alpha value is -3.57. The molecule has 0 amide bonds. The quantitative estimate of drug-likeness (QED) is 0.186. The summed E-state index contributed by atoms with van der Waals surface area (Å²) in [6, 6.07) is 30.2. The minimum atomic E-state index is -3.66. The predicted octanol–water partition coefficient (Wildman–Crippen LogP) is 9.89. The van der Waals surface area contributed by atoms with Gasteiger partial charge >= 0.3 is 0 Å². The summed E-state index contributed by atoms with van der Waals surface area (Å²) in [4.78, 5) is 0.427. The van der Waals surface area contributed by atoms with Crippen molar-refractivity contribution in [2.45, 2.75) is 94.5 Å². The zero-order chi connectivity index (χ0) is 30.8. The zero-order valence-electron chi connectivity index (χ0n) is 26.2. The third-order valence-corrected chi connectivity index (χ3v) is 10.2. The highest BCUT2D eigenvalue weighted by atomic mass is 32.2. The number of ether oxygens (including phenoxy) is 2. The van der Waals surface area contributed by atoms with Crippen molar-refractivity contribution in [3.05, 3.63) is 114 Å². The van der Waals surface area contributed by atoms with E-state index in [1.165, 1.54) is 16.7 Å². The zero-order valence-corrected chi connectivity index (χ0v) is 27.0. The van der Waals surface area contributed by atoms with Crippen LogP contribution in [0.4, 0.5) is 0 Å². The first kappa shape index (κ1) is 31.4. The smallest absolute Gasteiger partial charge is 0.206 e. The first-order chi connectivity index (χ1) is 19.7. The van der Waals surface area contributed by atoms with Crippen LogP contribution in [0, 0.1) is 0 Å². The van der Waals surface area contributed by atoms with E-state index in [1.807, 2.05) is 32.9 Å². The van der Waals surface area contributed by atoms with Gasteiger partial charge < -0.3 is 9.47 Å². The minimum absolute atomic E-state index is 0.168. The summed E-state index contributed by atoms with van der Waals surface area (Å²) in [5.41, 5.74) is 3.53. The van der Waals surface area contributed by atoms with Gasteiger partial charge in [-0.2, -0.15) is 0 Å². The molecule has 0 heterocycles. The van der Waals surface area contributed by atoms with Gasteiger partial charge in [-0.3, -0.25) is 0 Å². The summed E-state index contributed by atoms with van der Waals surface area (Å²) in [6.45, 7) is 17.2. The van der Waals surface area contributed by atoms with Crippen LogP contribution >= 0.6 is 0 Å². The fourth-order valence-corrected chi connectivity index (χ4v) is 6.31. The average Bonchev–Trinajstić information content (AvgIpc) is 2.97. The lowest BCUT2D eigenvalue weighted by Crippen LogP contribution is -2.22. The van der Waals surface area contributed by atoms with E-state index in [2.05, 4.69) is 71.0 Å². The van der Waals surface area contributed by atoms with E-state index in [0.717, 1.165) is 12.8 Å². The molecular weight excluding hydrogens is 540 g/mol. The molecule has 0 saturated carbocycles. The number of hydrogen-bond donors (Lipinski definition) is 0. The first-order valence-corrected chi connectivity index (χ1v) is 16.2. The fourth-order valence-electron chi connectivity index (χ4n) is 5.05. The highest BCUT2D eigenvalue weighted by molar-refractivity contribution is 7.91. The lowest BCUT2D eigenvalue weighted by Gasteiger charge is -2.30. The molecule has 4 rings (SSSR count). The molecule has 0 saturated heterocycles. The molecule has 4 aromatic rings. The van der Waals surface area contributed by atoms with Crippen LogP contribution in [0.5, 0.6) is 17.2 Å². The predicted molar refractivity (Wildman–Crippen MR) is 172 cm³/mol. The maximum atomic E-state index is 13.2. The number of sulfone groups is 1. The van der Waals surface area contributed by atoms with Gasteiger partial charge in [0.15, 0.2) is 0 Å². The van der Waals surface area contributed by atoms with Gasteiger partial charge in [-0.05, 0) is 116 Å². The van der Waals surface area contributed by atoms with Crippen molar-refractivity contribution in [1.29, 1.82) is 0 Å². The Morgan fingerprint density at radius 1 is 0.524 bits per heavy atom. The molecule has 0 N–H and O–H groups in total. The molecule has 0 unspecified atom stereocenters. The Kier molecular flexibility index (Phi) is 8.94. The summed E-state index contributed by atoms with van der Waals surface area (Å²) in [5, 5.41) is 0. The second-order valence-corrected chi connectivity index (χ2v) is 14.7. The average molecular weight is 585 g/mol. The van der Waals surface area contributed by atoms with E-state index in [4.69, 9.17) is 9.47 Å². The van der Waals surface area contributed by atoms with E-state index < -0.39 is 9.84 Å². The van der Waals surface area contributed by atoms with Crippen molar-refractivity contribution in [3.63, 3.8) is 0 Å². The van der Waals surface area contributed by atoms with E-state index >= 15 is 0 Å². The second kappa shape index (κ2) is 12.0. The second-order valence-electron chi connectivity index (χ2n) is 12.8. The number of benzene rings is 4. The Morgan fingerprint density at radius 3 is 1.29 bits per heavy atom. The van der Waals surface area contributed by atoms with E-state index in [1.54, 1.807) is 48.5 Å². The van der Waals surface area contributed by atoms with Crippen molar-refractivity contribution in [3.8, 4) is 17.2 Å². The van der Waals surface area contributed by atoms with Crippen molar-refractivity contribution in [2.75, 3.05) is 0 Å². The molecule has 5 heteroatoms. The minimum Gasteiger partial charge on any atom is -0.488 e. The molecule has 0 aliphatic carbocycles. The summed E-state index contributed by atoms with van der Waals surface area (Å²) in [7, 11) is -3.66. The normalized spacial score (nSPS) is 12.7. The van der Waals surface area contributed by atoms with Crippen LogP contribution in [0.15, 0.2) is 107 Å². The van der Waals surface area contributed by atoms with Crippen molar-refractivity contribution in [1.82, 2.24) is 0 Å². The third-order valence-electron chi connectivity index (χ3n) is 8.37. The molecule has 0 bridgehead atoms. The maximum absolute atomic E-state index is 13.2. The number of hydrogen-bond acceptors (Lipinski definition) is 4. The van der Waals surface area contributed by atoms with Gasteiger partial charge in [0.25, 0.3) is 0 Å². The van der Waals surface area contributed by atoms with Crippen LogP contribution in [-0.4, -0.2) is 14.0 Å². The van der Waals surface area contributed by atoms with Crippen LogP contribution in [0.3, 0.4) is 0 Å². The molecular formula is C37H44O4S. The van der Waals surface area contributed by atoms with Gasteiger partial charge in [0.05, 0.1) is 9.79 Å². The molecule has 222 valence electrons.